The highest BCUT2D eigenvalue weighted by atomic mass is 16.3. The summed E-state index contributed by atoms with van der Waals surface area (Å²) in [4.78, 5) is 0. The van der Waals surface area contributed by atoms with Gasteiger partial charge < -0.3 is 10.2 Å². The molecular weight excluding hydrogens is 224 g/mol. The molecule has 0 aliphatic rings. The number of aliphatic hydroxyl groups excluding tert-OH is 2. The Morgan fingerprint density at radius 3 is 2.28 bits per heavy atom. The van der Waals surface area contributed by atoms with Gasteiger partial charge in [-0.1, -0.05) is 30.2 Å². The molecule has 0 aromatic heterocycles. The van der Waals surface area contributed by atoms with Crippen molar-refractivity contribution < 1.29 is 10.2 Å². The average molecular weight is 246 g/mol. The lowest BCUT2D eigenvalue weighted by Gasteiger charge is -2.04. The van der Waals surface area contributed by atoms with E-state index >= 15 is 0 Å². The Kier molecular flexibility index (Phi) is 7.96. The van der Waals surface area contributed by atoms with Crippen molar-refractivity contribution in [1.82, 2.24) is 0 Å². The number of unbranched alkanes of at least 4 members (excludes halogenated alkanes) is 2. The summed E-state index contributed by atoms with van der Waals surface area (Å²) in [5, 5.41) is 17.3. The van der Waals surface area contributed by atoms with Gasteiger partial charge >= 0.3 is 0 Å². The zero-order valence-electron chi connectivity index (χ0n) is 10.9. The van der Waals surface area contributed by atoms with Crippen LogP contribution in [0.5, 0.6) is 0 Å². The van der Waals surface area contributed by atoms with Gasteiger partial charge in [0.1, 0.15) is 6.61 Å². The molecule has 1 aromatic carbocycles. The molecule has 0 fully saturated rings. The second-order valence-corrected chi connectivity index (χ2v) is 4.37. The Hall–Kier alpha value is -1.30. The predicted molar refractivity (Wildman–Crippen MR) is 74.3 cm³/mol. The lowest BCUT2D eigenvalue weighted by molar-refractivity contribution is 0.288. The molecule has 2 heteroatoms. The van der Waals surface area contributed by atoms with Crippen LogP contribution in [-0.4, -0.2) is 23.4 Å². The quantitative estimate of drug-likeness (QED) is 0.572. The highest BCUT2D eigenvalue weighted by Crippen LogP contribution is 2.11. The highest BCUT2D eigenvalue weighted by molar-refractivity contribution is 5.23. The predicted octanol–water partition coefficient (Wildman–Crippen LogP) is 2.32. The van der Waals surface area contributed by atoms with Crippen LogP contribution in [0.15, 0.2) is 24.3 Å². The fraction of sp³-hybridized carbons (Fsp3) is 0.500. The van der Waals surface area contributed by atoms with Crippen LogP contribution in [-0.2, 0) is 12.8 Å². The first-order valence-electron chi connectivity index (χ1n) is 6.62. The summed E-state index contributed by atoms with van der Waals surface area (Å²) in [5.41, 5.74) is 2.67. The Morgan fingerprint density at radius 1 is 0.889 bits per heavy atom. The molecule has 0 bridgehead atoms. The standard InChI is InChI=1S/C16H22O2/c17-12-5-3-1-2-4-8-15-9-6-10-16(14-15)11-7-13-18/h6,9-10,14,17-18H,1-2,4,7-8,11-13H2. The van der Waals surface area contributed by atoms with Gasteiger partial charge in [-0.3, -0.25) is 0 Å². The number of rotatable bonds is 7. The minimum Gasteiger partial charge on any atom is -0.396 e. The molecule has 0 unspecified atom stereocenters. The Labute approximate surface area is 110 Å². The van der Waals surface area contributed by atoms with Gasteiger partial charge in [0, 0.05) is 13.0 Å². The molecule has 0 heterocycles. The summed E-state index contributed by atoms with van der Waals surface area (Å²) in [5.74, 6) is 5.59. The number of hydrogen-bond donors (Lipinski definition) is 2. The first-order valence-corrected chi connectivity index (χ1v) is 6.62. The van der Waals surface area contributed by atoms with Crippen LogP contribution in [0.2, 0.25) is 0 Å². The maximum Gasteiger partial charge on any atom is 0.104 e. The fourth-order valence-corrected chi connectivity index (χ4v) is 1.91. The fourth-order valence-electron chi connectivity index (χ4n) is 1.91. The monoisotopic (exact) mass is 246 g/mol. The lowest BCUT2D eigenvalue weighted by Crippen LogP contribution is -1.92. The van der Waals surface area contributed by atoms with Crippen molar-refractivity contribution in [3.63, 3.8) is 0 Å². The van der Waals surface area contributed by atoms with Crippen molar-refractivity contribution in [2.75, 3.05) is 13.2 Å². The van der Waals surface area contributed by atoms with Gasteiger partial charge in [-0.2, -0.15) is 0 Å². The van der Waals surface area contributed by atoms with Gasteiger partial charge in [0.25, 0.3) is 0 Å². The zero-order chi connectivity index (χ0) is 13.1. The highest BCUT2D eigenvalue weighted by Gasteiger charge is 1.96. The van der Waals surface area contributed by atoms with E-state index in [1.54, 1.807) is 0 Å². The van der Waals surface area contributed by atoms with Gasteiger partial charge in [-0.05, 0) is 43.2 Å². The number of aryl methyl sites for hydroxylation is 2. The van der Waals surface area contributed by atoms with Gasteiger partial charge in [-0.15, -0.1) is 5.92 Å². The molecule has 0 atom stereocenters. The van der Waals surface area contributed by atoms with Crippen molar-refractivity contribution in [3.8, 4) is 11.8 Å². The SMILES string of the molecule is OCC#CCCCCc1cccc(CCCO)c1. The molecule has 0 saturated carbocycles. The van der Waals surface area contributed by atoms with E-state index in [1.807, 2.05) is 0 Å². The van der Waals surface area contributed by atoms with Crippen LogP contribution in [0.3, 0.4) is 0 Å². The van der Waals surface area contributed by atoms with E-state index in [-0.39, 0.29) is 13.2 Å². The summed E-state index contributed by atoms with van der Waals surface area (Å²) < 4.78 is 0. The third-order valence-electron chi connectivity index (χ3n) is 2.84. The van der Waals surface area contributed by atoms with Crippen LogP contribution < -0.4 is 0 Å². The maximum absolute atomic E-state index is 8.81. The smallest absolute Gasteiger partial charge is 0.104 e. The van der Waals surface area contributed by atoms with E-state index in [0.717, 1.165) is 38.5 Å². The van der Waals surface area contributed by atoms with Crippen LogP contribution in [0.1, 0.15) is 36.8 Å². The van der Waals surface area contributed by atoms with Crippen molar-refractivity contribution in [2.45, 2.75) is 38.5 Å². The molecule has 1 aromatic rings. The topological polar surface area (TPSA) is 40.5 Å². The van der Waals surface area contributed by atoms with Crippen molar-refractivity contribution in [3.05, 3.63) is 35.4 Å². The van der Waals surface area contributed by atoms with E-state index in [9.17, 15) is 0 Å². The van der Waals surface area contributed by atoms with Crippen molar-refractivity contribution >= 4 is 0 Å². The lowest BCUT2D eigenvalue weighted by atomic mass is 10.0. The largest absolute Gasteiger partial charge is 0.396 e. The molecule has 2 N–H and O–H groups in total. The summed E-state index contributed by atoms with van der Waals surface area (Å²) in [6.45, 7) is 0.223. The third-order valence-corrected chi connectivity index (χ3v) is 2.84. The molecule has 0 amide bonds. The third kappa shape index (κ3) is 6.44. The Balaban J connectivity index is 2.29. The summed E-state index contributed by atoms with van der Waals surface area (Å²) in [6.07, 6.45) is 5.93. The summed E-state index contributed by atoms with van der Waals surface area (Å²) in [6, 6.07) is 8.59. The number of benzene rings is 1. The molecule has 0 spiro atoms. The van der Waals surface area contributed by atoms with E-state index < -0.39 is 0 Å². The number of aliphatic hydroxyl groups is 2. The van der Waals surface area contributed by atoms with E-state index in [1.165, 1.54) is 11.1 Å². The van der Waals surface area contributed by atoms with Gasteiger partial charge in [0.15, 0.2) is 0 Å². The number of hydrogen-bond acceptors (Lipinski definition) is 2. The minimum absolute atomic E-state index is 0.0348. The van der Waals surface area contributed by atoms with Crippen LogP contribution >= 0.6 is 0 Å². The molecule has 2 nitrogen and oxygen atoms in total. The average Bonchev–Trinajstić information content (AvgIpc) is 2.41. The van der Waals surface area contributed by atoms with E-state index in [2.05, 4.69) is 36.1 Å². The Bertz CT molecular complexity index is 388. The molecule has 0 aliphatic heterocycles. The van der Waals surface area contributed by atoms with Crippen LogP contribution in [0.4, 0.5) is 0 Å². The first kappa shape index (κ1) is 14.8. The van der Waals surface area contributed by atoms with Crippen LogP contribution in [0, 0.1) is 11.8 Å². The normalized spacial score (nSPS) is 9.89. The van der Waals surface area contributed by atoms with Crippen LogP contribution in [0.25, 0.3) is 0 Å². The van der Waals surface area contributed by atoms with E-state index in [4.69, 9.17) is 10.2 Å². The zero-order valence-corrected chi connectivity index (χ0v) is 10.9. The summed E-state index contributed by atoms with van der Waals surface area (Å²) in [7, 11) is 0. The minimum atomic E-state index is -0.0348. The Morgan fingerprint density at radius 2 is 1.61 bits per heavy atom. The molecular formula is C16H22O2. The molecule has 0 radical (unpaired) electrons. The molecule has 0 aliphatic carbocycles. The second kappa shape index (κ2) is 9.70. The van der Waals surface area contributed by atoms with Gasteiger partial charge in [-0.25, -0.2) is 0 Å². The summed E-state index contributed by atoms with van der Waals surface area (Å²) >= 11 is 0. The molecule has 98 valence electrons. The maximum atomic E-state index is 8.81. The second-order valence-electron chi connectivity index (χ2n) is 4.37. The van der Waals surface area contributed by atoms with Crippen molar-refractivity contribution in [2.24, 2.45) is 0 Å². The first-order chi connectivity index (χ1) is 8.86. The van der Waals surface area contributed by atoms with E-state index in [0.29, 0.717) is 0 Å². The van der Waals surface area contributed by atoms with Gasteiger partial charge in [0.2, 0.25) is 0 Å². The molecule has 1 rings (SSSR count). The van der Waals surface area contributed by atoms with Gasteiger partial charge in [0.05, 0.1) is 0 Å². The molecule has 0 saturated heterocycles. The van der Waals surface area contributed by atoms with Crippen molar-refractivity contribution in [1.29, 1.82) is 0 Å². The molecule has 18 heavy (non-hydrogen) atoms.